The van der Waals surface area contributed by atoms with Crippen LogP contribution in [-0.2, 0) is 13.1 Å². The lowest BCUT2D eigenvalue weighted by atomic mass is 9.92. The van der Waals surface area contributed by atoms with Crippen LogP contribution >= 0.6 is 11.6 Å². The first-order chi connectivity index (χ1) is 16.0. The van der Waals surface area contributed by atoms with Gasteiger partial charge in [-0.3, -0.25) is 9.58 Å². The molecule has 6 nitrogen and oxygen atoms in total. The summed E-state index contributed by atoms with van der Waals surface area (Å²) in [7, 11) is 0. The Labute approximate surface area is 200 Å². The zero-order valence-electron chi connectivity index (χ0n) is 19.1. The van der Waals surface area contributed by atoms with Crippen LogP contribution in [0.3, 0.4) is 0 Å². The van der Waals surface area contributed by atoms with Crippen LogP contribution in [0.25, 0.3) is 0 Å². The molecule has 0 radical (unpaired) electrons. The van der Waals surface area contributed by atoms with Crippen LogP contribution in [0.4, 0.5) is 0 Å². The Kier molecular flexibility index (Phi) is 7.91. The maximum atomic E-state index is 10.9. The Hall–Kier alpha value is -2.54. The van der Waals surface area contributed by atoms with Gasteiger partial charge in [0.25, 0.3) is 0 Å². The molecular formula is C26H32ClN3O3. The average Bonchev–Trinajstić information content (AvgIpc) is 3.23. The van der Waals surface area contributed by atoms with E-state index in [4.69, 9.17) is 21.1 Å². The molecule has 1 aliphatic heterocycles. The first kappa shape index (κ1) is 23.6. The quantitative estimate of drug-likeness (QED) is 0.435. The Morgan fingerprint density at radius 1 is 1.03 bits per heavy atom. The van der Waals surface area contributed by atoms with Gasteiger partial charge in [0.2, 0.25) is 0 Å². The summed E-state index contributed by atoms with van der Waals surface area (Å²) in [5, 5.41) is 15.9. The van der Waals surface area contributed by atoms with Crippen LogP contribution in [0.1, 0.15) is 30.5 Å². The second-order valence-corrected chi connectivity index (χ2v) is 9.25. The molecular weight excluding hydrogens is 438 g/mol. The number of halogens is 1. The lowest BCUT2D eigenvalue weighted by molar-refractivity contribution is -0.0537. The fourth-order valence-corrected chi connectivity index (χ4v) is 4.18. The predicted molar refractivity (Wildman–Crippen MR) is 130 cm³/mol. The highest BCUT2D eigenvalue weighted by molar-refractivity contribution is 6.30. The number of piperidine rings is 1. The third-order valence-corrected chi connectivity index (χ3v) is 6.23. The molecule has 0 amide bonds. The molecule has 1 aromatic heterocycles. The number of rotatable bonds is 10. The fourth-order valence-electron chi connectivity index (χ4n) is 4.00. The van der Waals surface area contributed by atoms with Crippen molar-refractivity contribution >= 4 is 11.6 Å². The van der Waals surface area contributed by atoms with Gasteiger partial charge in [-0.15, -0.1) is 0 Å². The average molecular weight is 470 g/mol. The van der Waals surface area contributed by atoms with Crippen molar-refractivity contribution in [3.05, 3.63) is 77.1 Å². The van der Waals surface area contributed by atoms with Gasteiger partial charge in [0.15, 0.2) is 0 Å². The molecule has 2 heterocycles. The van der Waals surface area contributed by atoms with Gasteiger partial charge in [-0.2, -0.15) is 5.10 Å². The number of aromatic nitrogens is 2. The summed E-state index contributed by atoms with van der Waals surface area (Å²) < 4.78 is 13.6. The second kappa shape index (κ2) is 11.1. The van der Waals surface area contributed by atoms with E-state index in [0.717, 1.165) is 44.0 Å². The van der Waals surface area contributed by atoms with E-state index in [9.17, 15) is 5.11 Å². The highest BCUT2D eigenvalue weighted by Gasteiger charge is 2.33. The summed E-state index contributed by atoms with van der Waals surface area (Å²) in [6, 6.07) is 17.6. The number of ether oxygens (including phenoxy) is 2. The minimum absolute atomic E-state index is 0.285. The maximum Gasteiger partial charge on any atom is 0.120 e. The molecule has 1 N–H and O–H groups in total. The van der Waals surface area contributed by atoms with Crippen molar-refractivity contribution in [3.8, 4) is 11.5 Å². The number of likely N-dealkylation sites (tertiary alicyclic amines) is 1. The molecule has 7 heteroatoms. The predicted octanol–water partition coefficient (Wildman–Crippen LogP) is 4.72. The topological polar surface area (TPSA) is 59.8 Å². The monoisotopic (exact) mass is 469 g/mol. The molecule has 3 aromatic rings. The lowest BCUT2D eigenvalue weighted by Crippen LogP contribution is -2.47. The van der Waals surface area contributed by atoms with Crippen molar-refractivity contribution in [2.45, 2.75) is 44.9 Å². The van der Waals surface area contributed by atoms with Crippen LogP contribution in [0, 0.1) is 6.92 Å². The molecule has 4 rings (SSSR count). The van der Waals surface area contributed by atoms with Crippen molar-refractivity contribution < 1.29 is 14.6 Å². The van der Waals surface area contributed by atoms with Gasteiger partial charge >= 0.3 is 0 Å². The van der Waals surface area contributed by atoms with E-state index in [0.29, 0.717) is 30.2 Å². The van der Waals surface area contributed by atoms with Crippen molar-refractivity contribution in [1.29, 1.82) is 0 Å². The molecule has 1 saturated heterocycles. The van der Waals surface area contributed by atoms with Crippen LogP contribution in [-0.4, -0.2) is 51.7 Å². The number of hydrogen-bond donors (Lipinski definition) is 1. The van der Waals surface area contributed by atoms with Crippen LogP contribution in [0.15, 0.2) is 60.8 Å². The third-order valence-electron chi connectivity index (χ3n) is 5.99. The molecule has 0 saturated carbocycles. The molecule has 2 aromatic carbocycles. The van der Waals surface area contributed by atoms with E-state index < -0.39 is 5.60 Å². The van der Waals surface area contributed by atoms with Gasteiger partial charge in [-0.1, -0.05) is 29.8 Å². The molecule has 0 unspecified atom stereocenters. The van der Waals surface area contributed by atoms with Gasteiger partial charge in [0.05, 0.1) is 12.3 Å². The summed E-state index contributed by atoms with van der Waals surface area (Å²) in [5.74, 6) is 1.58. The number of benzene rings is 2. The fraction of sp³-hybridized carbons (Fsp3) is 0.423. The van der Waals surface area contributed by atoms with Crippen molar-refractivity contribution in [2.75, 3.05) is 26.3 Å². The summed E-state index contributed by atoms with van der Waals surface area (Å²) >= 11 is 6.00. The van der Waals surface area contributed by atoms with Crippen molar-refractivity contribution in [1.82, 2.24) is 14.7 Å². The van der Waals surface area contributed by atoms with Crippen molar-refractivity contribution in [3.63, 3.8) is 0 Å². The first-order valence-electron chi connectivity index (χ1n) is 11.5. The summed E-state index contributed by atoms with van der Waals surface area (Å²) in [4.78, 5) is 2.37. The Bertz CT molecular complexity index is 1010. The lowest BCUT2D eigenvalue weighted by Gasteiger charge is -2.38. The highest BCUT2D eigenvalue weighted by atomic mass is 35.5. The van der Waals surface area contributed by atoms with Gasteiger partial charge < -0.3 is 14.6 Å². The molecule has 33 heavy (non-hydrogen) atoms. The summed E-state index contributed by atoms with van der Waals surface area (Å²) in [6.45, 7) is 6.34. The molecule has 1 aliphatic rings. The Morgan fingerprint density at radius 3 is 2.52 bits per heavy atom. The van der Waals surface area contributed by atoms with Gasteiger partial charge in [0.1, 0.15) is 23.7 Å². The van der Waals surface area contributed by atoms with E-state index in [1.54, 1.807) is 6.07 Å². The number of aryl methyl sites for hydroxylation is 2. The highest BCUT2D eigenvalue weighted by Crippen LogP contribution is 2.26. The number of nitrogens with zero attached hydrogens (tertiary/aromatic N) is 3. The minimum atomic E-state index is -0.800. The van der Waals surface area contributed by atoms with Crippen molar-refractivity contribution in [2.24, 2.45) is 0 Å². The zero-order valence-corrected chi connectivity index (χ0v) is 19.9. The second-order valence-electron chi connectivity index (χ2n) is 8.81. The number of hydrogen-bond acceptors (Lipinski definition) is 5. The summed E-state index contributed by atoms with van der Waals surface area (Å²) in [5.41, 5.74) is 1.48. The Morgan fingerprint density at radius 2 is 1.82 bits per heavy atom. The molecule has 176 valence electrons. The van der Waals surface area contributed by atoms with Crippen LogP contribution < -0.4 is 9.47 Å². The van der Waals surface area contributed by atoms with E-state index in [-0.39, 0.29) is 6.61 Å². The smallest absolute Gasteiger partial charge is 0.120 e. The molecule has 0 spiro atoms. The van der Waals surface area contributed by atoms with E-state index in [2.05, 4.69) is 22.1 Å². The van der Waals surface area contributed by atoms with Gasteiger partial charge in [-0.05, 0) is 61.7 Å². The minimum Gasteiger partial charge on any atom is -0.494 e. The molecule has 1 fully saturated rings. The van der Waals surface area contributed by atoms with E-state index in [1.807, 2.05) is 54.2 Å². The molecule has 0 bridgehead atoms. The normalized spacial score (nSPS) is 16.0. The summed E-state index contributed by atoms with van der Waals surface area (Å²) in [6.07, 6.45) is 4.29. The third kappa shape index (κ3) is 7.22. The maximum absolute atomic E-state index is 10.9. The largest absolute Gasteiger partial charge is 0.494 e. The van der Waals surface area contributed by atoms with Crippen LogP contribution in [0.2, 0.25) is 5.02 Å². The van der Waals surface area contributed by atoms with Gasteiger partial charge in [-0.25, -0.2) is 0 Å². The van der Waals surface area contributed by atoms with E-state index >= 15 is 0 Å². The zero-order chi connectivity index (χ0) is 23.1. The molecule has 0 aliphatic carbocycles. The Balaban J connectivity index is 1.16. The van der Waals surface area contributed by atoms with Crippen LogP contribution in [0.5, 0.6) is 11.5 Å². The first-order valence-corrected chi connectivity index (χ1v) is 11.9. The SMILES string of the molecule is Cc1ccn(CCCOc2ccc(CN3CCC(O)(COc4cccc(Cl)c4)CC3)cc2)n1. The van der Waals surface area contributed by atoms with Gasteiger partial charge in [0, 0.05) is 43.8 Å². The van der Waals surface area contributed by atoms with E-state index in [1.165, 1.54) is 5.56 Å². The number of aliphatic hydroxyl groups is 1. The standard InChI is InChI=1S/C26H32ClN3O3/c1-21-10-14-30(28-21)13-3-17-32-24-8-6-22(7-9-24)19-29-15-11-26(31,12-16-29)20-33-25-5-2-4-23(27)18-25/h2,4-10,14,18,31H,3,11-13,15-17,19-20H2,1H3. The molecule has 0 atom stereocenters.